The molecule has 0 bridgehead atoms. The molecule has 4 rings (SSSR count). The largest absolute Gasteiger partial charge is 0.480 e. The number of rotatable bonds is 4. The van der Waals surface area contributed by atoms with E-state index in [0.29, 0.717) is 28.9 Å². The fourth-order valence-corrected chi connectivity index (χ4v) is 3.65. The van der Waals surface area contributed by atoms with Gasteiger partial charge in [-0.1, -0.05) is 0 Å². The van der Waals surface area contributed by atoms with Crippen LogP contribution < -0.4 is 0 Å². The van der Waals surface area contributed by atoms with Crippen LogP contribution >= 0.6 is 0 Å². The number of hydrogen-bond donors (Lipinski definition) is 1. The molecule has 1 unspecified atom stereocenters. The van der Waals surface area contributed by atoms with Crippen LogP contribution in [0, 0.1) is 5.92 Å². The molecule has 2 aromatic rings. The van der Waals surface area contributed by atoms with Crippen LogP contribution in [0.5, 0.6) is 0 Å². The highest BCUT2D eigenvalue weighted by Crippen LogP contribution is 2.47. The van der Waals surface area contributed by atoms with Crippen molar-refractivity contribution in [3.63, 3.8) is 0 Å². The van der Waals surface area contributed by atoms with E-state index in [-0.39, 0.29) is 24.3 Å². The lowest BCUT2D eigenvalue weighted by Gasteiger charge is -2.24. The fraction of sp³-hybridized carbons (Fsp3) is 0.438. The van der Waals surface area contributed by atoms with Crippen molar-refractivity contribution < 1.29 is 19.5 Å². The molecule has 0 spiro atoms. The molecule has 0 radical (unpaired) electrons. The minimum absolute atomic E-state index is 0.0332. The monoisotopic (exact) mass is 328 g/mol. The molecule has 1 aliphatic carbocycles. The number of carboxylic acid groups (broad SMARTS) is 1. The molecule has 24 heavy (non-hydrogen) atoms. The van der Waals surface area contributed by atoms with Gasteiger partial charge >= 0.3 is 5.97 Å². The predicted octanol–water partition coefficient (Wildman–Crippen LogP) is 0.708. The second kappa shape index (κ2) is 5.12. The van der Waals surface area contributed by atoms with Crippen LogP contribution in [0.25, 0.3) is 10.9 Å². The van der Waals surface area contributed by atoms with Crippen LogP contribution in [0.2, 0.25) is 0 Å². The van der Waals surface area contributed by atoms with Gasteiger partial charge in [-0.05, 0) is 24.8 Å². The van der Waals surface area contributed by atoms with Gasteiger partial charge in [-0.3, -0.25) is 19.3 Å². The third-order valence-electron chi connectivity index (χ3n) is 4.85. The number of Topliss-reactive ketones (excluding diaryl/α,β-unsaturated/α-hetero) is 1. The average Bonchev–Trinajstić information content (AvgIpc) is 3.04. The molecule has 1 amide bonds. The van der Waals surface area contributed by atoms with Crippen LogP contribution in [-0.2, 0) is 16.1 Å². The number of ketones is 1. The highest BCUT2D eigenvalue weighted by molar-refractivity contribution is 6.04. The summed E-state index contributed by atoms with van der Waals surface area (Å²) in [6.07, 6.45) is 4.51. The van der Waals surface area contributed by atoms with Crippen molar-refractivity contribution in [2.75, 3.05) is 0 Å². The first kappa shape index (κ1) is 14.8. The fourth-order valence-electron chi connectivity index (χ4n) is 3.65. The molecule has 1 aliphatic heterocycles. The number of carboxylic acids is 1. The molecular formula is C16H16N4O4. The predicted molar refractivity (Wildman–Crippen MR) is 82.3 cm³/mol. The summed E-state index contributed by atoms with van der Waals surface area (Å²) < 4.78 is 1.44. The quantitative estimate of drug-likeness (QED) is 0.829. The van der Waals surface area contributed by atoms with Gasteiger partial charge in [-0.2, -0.15) is 5.10 Å². The van der Waals surface area contributed by atoms with E-state index in [4.69, 9.17) is 0 Å². The summed E-state index contributed by atoms with van der Waals surface area (Å²) in [4.78, 5) is 41.3. The number of fused-ring (bicyclic) bond motifs is 2. The maximum absolute atomic E-state index is 12.7. The van der Waals surface area contributed by atoms with E-state index in [1.54, 1.807) is 18.5 Å². The first-order valence-electron chi connectivity index (χ1n) is 7.83. The molecule has 1 saturated heterocycles. The van der Waals surface area contributed by atoms with E-state index in [1.165, 1.54) is 16.5 Å². The number of nitrogens with zero attached hydrogens (tertiary/aromatic N) is 4. The van der Waals surface area contributed by atoms with E-state index in [0.717, 1.165) is 6.42 Å². The minimum Gasteiger partial charge on any atom is -0.480 e. The van der Waals surface area contributed by atoms with Gasteiger partial charge in [-0.25, -0.2) is 4.79 Å². The van der Waals surface area contributed by atoms with Crippen LogP contribution in [0.15, 0.2) is 18.5 Å². The van der Waals surface area contributed by atoms with Crippen molar-refractivity contribution in [2.24, 2.45) is 5.92 Å². The highest BCUT2D eigenvalue weighted by Gasteiger charge is 2.56. The Labute approximate surface area is 137 Å². The first-order chi connectivity index (χ1) is 11.5. The summed E-state index contributed by atoms with van der Waals surface area (Å²) in [7, 11) is 0. The van der Waals surface area contributed by atoms with Gasteiger partial charge in [0.05, 0.1) is 11.7 Å². The SMILES string of the molecule is CC(=O)c1nn(CC(=O)N2[C@@H]3CC3C[C@H]2C(=O)O)c2cnccc12. The van der Waals surface area contributed by atoms with Crippen molar-refractivity contribution >= 4 is 28.6 Å². The number of aromatic nitrogens is 3. The Morgan fingerprint density at radius 1 is 1.33 bits per heavy atom. The average molecular weight is 328 g/mol. The summed E-state index contributed by atoms with van der Waals surface area (Å²) in [5.74, 6) is -1.13. The number of amides is 1. The summed E-state index contributed by atoms with van der Waals surface area (Å²) in [6.45, 7) is 1.33. The Kier molecular flexibility index (Phi) is 3.16. The molecule has 2 aromatic heterocycles. The zero-order valence-electron chi connectivity index (χ0n) is 13.0. The molecule has 0 aromatic carbocycles. The zero-order chi connectivity index (χ0) is 17.0. The molecule has 8 heteroatoms. The van der Waals surface area contributed by atoms with Crippen molar-refractivity contribution in [3.05, 3.63) is 24.2 Å². The minimum atomic E-state index is -0.966. The lowest BCUT2D eigenvalue weighted by Crippen LogP contribution is -2.44. The Bertz CT molecular complexity index is 874. The van der Waals surface area contributed by atoms with Crippen LogP contribution in [0.1, 0.15) is 30.3 Å². The molecule has 2 fully saturated rings. The number of aliphatic carboxylic acids is 1. The molecule has 3 heterocycles. The Balaban J connectivity index is 1.66. The van der Waals surface area contributed by atoms with E-state index in [1.807, 2.05) is 0 Å². The number of carbonyl (C=O) groups excluding carboxylic acids is 2. The van der Waals surface area contributed by atoms with E-state index in [2.05, 4.69) is 10.1 Å². The second-order valence-corrected chi connectivity index (χ2v) is 6.41. The second-order valence-electron chi connectivity index (χ2n) is 6.41. The number of pyridine rings is 1. The molecule has 1 N–H and O–H groups in total. The van der Waals surface area contributed by atoms with Crippen LogP contribution in [-0.4, -0.2) is 54.5 Å². The third kappa shape index (κ3) is 2.17. The van der Waals surface area contributed by atoms with Gasteiger partial charge in [0.2, 0.25) is 5.91 Å². The van der Waals surface area contributed by atoms with Crippen molar-refractivity contribution in [1.82, 2.24) is 19.7 Å². The van der Waals surface area contributed by atoms with Gasteiger partial charge < -0.3 is 10.0 Å². The molecule has 2 aliphatic rings. The number of likely N-dealkylation sites (tertiary alicyclic amines) is 1. The van der Waals surface area contributed by atoms with Gasteiger partial charge in [0.1, 0.15) is 18.3 Å². The molecular weight excluding hydrogens is 312 g/mol. The summed E-state index contributed by atoms with van der Waals surface area (Å²) in [6, 6.07) is 0.965. The van der Waals surface area contributed by atoms with Gasteiger partial charge in [0, 0.05) is 24.5 Å². The van der Waals surface area contributed by atoms with Crippen LogP contribution in [0.4, 0.5) is 0 Å². The Morgan fingerprint density at radius 2 is 2.12 bits per heavy atom. The van der Waals surface area contributed by atoms with Gasteiger partial charge in [0.25, 0.3) is 0 Å². The topological polar surface area (TPSA) is 105 Å². The van der Waals surface area contributed by atoms with E-state index in [9.17, 15) is 19.5 Å². The molecule has 8 nitrogen and oxygen atoms in total. The van der Waals surface area contributed by atoms with Gasteiger partial charge in [0.15, 0.2) is 5.78 Å². The summed E-state index contributed by atoms with van der Waals surface area (Å²) >= 11 is 0. The first-order valence-corrected chi connectivity index (χ1v) is 7.83. The normalized spacial score (nSPS) is 24.9. The maximum atomic E-state index is 12.7. The summed E-state index contributed by atoms with van der Waals surface area (Å²) in [5.41, 5.74) is 0.884. The lowest BCUT2D eigenvalue weighted by molar-refractivity contribution is -0.149. The third-order valence-corrected chi connectivity index (χ3v) is 4.85. The highest BCUT2D eigenvalue weighted by atomic mass is 16.4. The molecule has 124 valence electrons. The molecule has 1 saturated carbocycles. The Hall–Kier alpha value is -2.77. The van der Waals surface area contributed by atoms with Crippen molar-refractivity contribution in [3.8, 4) is 0 Å². The maximum Gasteiger partial charge on any atom is 0.326 e. The van der Waals surface area contributed by atoms with Crippen molar-refractivity contribution in [1.29, 1.82) is 0 Å². The number of carbonyl (C=O) groups is 3. The van der Waals surface area contributed by atoms with Gasteiger partial charge in [-0.15, -0.1) is 0 Å². The number of piperidine rings is 1. The smallest absolute Gasteiger partial charge is 0.326 e. The van der Waals surface area contributed by atoms with Crippen LogP contribution in [0.3, 0.4) is 0 Å². The molecule has 3 atom stereocenters. The zero-order valence-corrected chi connectivity index (χ0v) is 13.0. The summed E-state index contributed by atoms with van der Waals surface area (Å²) in [5, 5.41) is 14.2. The number of hydrogen-bond acceptors (Lipinski definition) is 5. The van der Waals surface area contributed by atoms with Crippen molar-refractivity contribution in [2.45, 2.75) is 38.4 Å². The lowest BCUT2D eigenvalue weighted by atomic mass is 10.1. The van der Waals surface area contributed by atoms with E-state index >= 15 is 0 Å². The van der Waals surface area contributed by atoms with E-state index < -0.39 is 12.0 Å². The standard InChI is InChI=1S/C16H16N4O4/c1-8(21)15-10-2-3-17-6-13(10)19(18-15)7-14(22)20-11-4-9(11)5-12(20)16(23)24/h2-3,6,9,11-12H,4-5,7H2,1H3,(H,23,24)/t9?,11-,12+/m1/s1. The Morgan fingerprint density at radius 3 is 2.83 bits per heavy atom.